The van der Waals surface area contributed by atoms with Gasteiger partial charge in [-0.1, -0.05) is 30.3 Å². The van der Waals surface area contributed by atoms with Crippen LogP contribution in [-0.4, -0.2) is 36.5 Å². The summed E-state index contributed by atoms with van der Waals surface area (Å²) in [7, 11) is 0. The number of hydrogen-bond donors (Lipinski definition) is 1. The van der Waals surface area contributed by atoms with E-state index in [2.05, 4.69) is 45.9 Å². The zero-order valence-electron chi connectivity index (χ0n) is 15.5. The normalized spacial score (nSPS) is 26.9. The smallest absolute Gasteiger partial charge is 0.239 e. The average Bonchev–Trinajstić information content (AvgIpc) is 3.39. The molecule has 27 heavy (non-hydrogen) atoms. The number of carbonyl (C=O) groups is 1. The third-order valence-electron chi connectivity index (χ3n) is 6.47. The molecule has 5 heteroatoms. The monoisotopic (exact) mass is 382 g/mol. The summed E-state index contributed by atoms with van der Waals surface area (Å²) < 4.78 is 6.27. The van der Waals surface area contributed by atoms with Gasteiger partial charge in [-0.3, -0.25) is 10.1 Å². The van der Waals surface area contributed by atoms with Gasteiger partial charge in [0.2, 0.25) is 5.91 Å². The maximum absolute atomic E-state index is 13.1. The second-order valence-electron chi connectivity index (χ2n) is 7.94. The highest BCUT2D eigenvalue weighted by Gasteiger charge is 2.43. The van der Waals surface area contributed by atoms with Crippen molar-refractivity contribution in [3.8, 4) is 0 Å². The molecule has 2 fully saturated rings. The van der Waals surface area contributed by atoms with Gasteiger partial charge in [0.25, 0.3) is 0 Å². The predicted octanol–water partition coefficient (Wildman–Crippen LogP) is 3.63. The van der Waals surface area contributed by atoms with Gasteiger partial charge in [0.15, 0.2) is 0 Å². The molecule has 3 aliphatic heterocycles. The highest BCUT2D eigenvalue weighted by Crippen LogP contribution is 2.43. The summed E-state index contributed by atoms with van der Waals surface area (Å²) in [6.07, 6.45) is 4.81. The predicted molar refractivity (Wildman–Crippen MR) is 107 cm³/mol. The molecule has 142 valence electrons. The molecule has 4 nitrogen and oxygen atoms in total. The van der Waals surface area contributed by atoms with Crippen LogP contribution >= 0.6 is 11.3 Å². The molecule has 1 aromatic carbocycles. The fourth-order valence-corrected chi connectivity index (χ4v) is 5.92. The molecular formula is C22H26N2O2S. The Morgan fingerprint density at radius 3 is 2.78 bits per heavy atom. The van der Waals surface area contributed by atoms with Gasteiger partial charge in [-0.15, -0.1) is 11.3 Å². The number of benzene rings is 1. The quantitative estimate of drug-likeness (QED) is 0.862. The lowest BCUT2D eigenvalue weighted by atomic mass is 9.82. The highest BCUT2D eigenvalue weighted by molar-refractivity contribution is 7.10. The van der Waals surface area contributed by atoms with Gasteiger partial charge < -0.3 is 9.64 Å². The SMILES string of the molecule is O=C([C@H]1CC[C@H](c2ccccc2)N1)N1CCC2(CC1)OCCc1sccc12. The van der Waals surface area contributed by atoms with Crippen molar-refractivity contribution in [2.75, 3.05) is 19.7 Å². The van der Waals surface area contributed by atoms with E-state index < -0.39 is 0 Å². The first-order valence-corrected chi connectivity index (χ1v) is 10.9. The molecule has 0 radical (unpaired) electrons. The van der Waals surface area contributed by atoms with Crippen molar-refractivity contribution in [2.24, 2.45) is 0 Å². The highest BCUT2D eigenvalue weighted by atomic mass is 32.1. The number of carbonyl (C=O) groups excluding carboxylic acids is 1. The van der Waals surface area contributed by atoms with Crippen LogP contribution in [-0.2, 0) is 21.6 Å². The van der Waals surface area contributed by atoms with Gasteiger partial charge in [0.1, 0.15) is 0 Å². The van der Waals surface area contributed by atoms with E-state index in [1.54, 1.807) is 0 Å². The molecule has 2 atom stereocenters. The van der Waals surface area contributed by atoms with E-state index in [9.17, 15) is 4.79 Å². The van der Waals surface area contributed by atoms with Crippen molar-refractivity contribution in [1.82, 2.24) is 10.2 Å². The van der Waals surface area contributed by atoms with E-state index >= 15 is 0 Å². The molecule has 2 saturated heterocycles. The van der Waals surface area contributed by atoms with Crippen LogP contribution in [0.25, 0.3) is 0 Å². The van der Waals surface area contributed by atoms with E-state index in [-0.39, 0.29) is 17.6 Å². The van der Waals surface area contributed by atoms with Crippen molar-refractivity contribution >= 4 is 17.2 Å². The molecule has 3 aliphatic rings. The van der Waals surface area contributed by atoms with Crippen molar-refractivity contribution in [3.63, 3.8) is 0 Å². The number of hydrogen-bond acceptors (Lipinski definition) is 4. The van der Waals surface area contributed by atoms with Crippen LogP contribution in [0.3, 0.4) is 0 Å². The average molecular weight is 383 g/mol. The number of nitrogens with one attached hydrogen (secondary N) is 1. The standard InChI is InChI=1S/C22H26N2O2S/c25-21(19-7-6-18(23-19)16-4-2-1-3-5-16)24-12-10-22(11-13-24)17-9-15-27-20(17)8-14-26-22/h1-5,9,15,18-19,23H,6-8,10-14H2/t18-,19-/m1/s1. The lowest BCUT2D eigenvalue weighted by Crippen LogP contribution is -2.52. The summed E-state index contributed by atoms with van der Waals surface area (Å²) in [6, 6.07) is 13.0. The Balaban J connectivity index is 1.23. The molecule has 0 unspecified atom stereocenters. The van der Waals surface area contributed by atoms with Gasteiger partial charge >= 0.3 is 0 Å². The van der Waals surface area contributed by atoms with Gasteiger partial charge in [-0.25, -0.2) is 0 Å². The summed E-state index contributed by atoms with van der Waals surface area (Å²) in [5, 5.41) is 5.75. The Kier molecular flexibility index (Phi) is 4.54. The summed E-state index contributed by atoms with van der Waals surface area (Å²) >= 11 is 1.85. The van der Waals surface area contributed by atoms with Crippen LogP contribution in [0.1, 0.15) is 47.7 Å². The lowest BCUT2D eigenvalue weighted by molar-refractivity contribution is -0.142. The summed E-state index contributed by atoms with van der Waals surface area (Å²) in [5.74, 6) is 0.268. The van der Waals surface area contributed by atoms with Crippen molar-refractivity contribution in [2.45, 2.75) is 49.8 Å². The Labute approximate surface area is 164 Å². The Morgan fingerprint density at radius 2 is 1.96 bits per heavy atom. The first-order valence-electron chi connectivity index (χ1n) is 10.1. The first kappa shape index (κ1) is 17.4. The molecular weight excluding hydrogens is 356 g/mol. The largest absolute Gasteiger partial charge is 0.370 e. The van der Waals surface area contributed by atoms with Crippen LogP contribution in [0.5, 0.6) is 0 Å². The fourth-order valence-electron chi connectivity index (χ4n) is 4.97. The van der Waals surface area contributed by atoms with Crippen molar-refractivity contribution < 1.29 is 9.53 Å². The Bertz CT molecular complexity index is 811. The van der Waals surface area contributed by atoms with Crippen LogP contribution in [0.4, 0.5) is 0 Å². The molecule has 1 spiro atoms. The maximum Gasteiger partial charge on any atom is 0.239 e. The minimum atomic E-state index is -0.153. The number of fused-ring (bicyclic) bond motifs is 2. The van der Waals surface area contributed by atoms with E-state index in [1.807, 2.05) is 17.4 Å². The molecule has 1 aromatic heterocycles. The fraction of sp³-hybridized carbons (Fsp3) is 0.500. The number of amides is 1. The molecule has 5 rings (SSSR count). The first-order chi connectivity index (χ1) is 13.3. The van der Waals surface area contributed by atoms with Crippen LogP contribution < -0.4 is 5.32 Å². The number of piperidine rings is 1. The second-order valence-corrected chi connectivity index (χ2v) is 8.94. The topological polar surface area (TPSA) is 41.6 Å². The van der Waals surface area contributed by atoms with Gasteiger partial charge in [0.05, 0.1) is 18.2 Å². The third kappa shape index (κ3) is 3.12. The molecule has 1 N–H and O–H groups in total. The van der Waals surface area contributed by atoms with E-state index in [0.29, 0.717) is 6.04 Å². The second kappa shape index (κ2) is 7.04. The van der Waals surface area contributed by atoms with Crippen LogP contribution in [0, 0.1) is 0 Å². The molecule has 0 aliphatic carbocycles. The van der Waals surface area contributed by atoms with Crippen LogP contribution in [0.15, 0.2) is 41.8 Å². The number of rotatable bonds is 2. The summed E-state index contributed by atoms with van der Waals surface area (Å²) in [6.45, 7) is 2.40. The number of thiophene rings is 1. The van der Waals surface area contributed by atoms with E-state index in [0.717, 1.165) is 51.8 Å². The lowest BCUT2D eigenvalue weighted by Gasteiger charge is -2.44. The number of nitrogens with zero attached hydrogens (tertiary/aromatic N) is 1. The third-order valence-corrected chi connectivity index (χ3v) is 7.45. The molecule has 0 bridgehead atoms. The van der Waals surface area contributed by atoms with Gasteiger partial charge in [-0.05, 0) is 48.3 Å². The minimum absolute atomic E-state index is 0.0479. The van der Waals surface area contributed by atoms with Crippen LogP contribution in [0.2, 0.25) is 0 Å². The number of likely N-dealkylation sites (tertiary alicyclic amines) is 1. The minimum Gasteiger partial charge on any atom is -0.370 e. The molecule has 2 aromatic rings. The van der Waals surface area contributed by atoms with Gasteiger partial charge in [0, 0.05) is 30.4 Å². The van der Waals surface area contributed by atoms with E-state index in [1.165, 1.54) is 16.0 Å². The van der Waals surface area contributed by atoms with Crippen molar-refractivity contribution in [3.05, 3.63) is 57.8 Å². The van der Waals surface area contributed by atoms with E-state index in [4.69, 9.17) is 4.74 Å². The Morgan fingerprint density at radius 1 is 1.15 bits per heavy atom. The molecule has 4 heterocycles. The maximum atomic E-state index is 13.1. The Hall–Kier alpha value is -1.69. The van der Waals surface area contributed by atoms with Crippen molar-refractivity contribution in [1.29, 1.82) is 0 Å². The number of ether oxygens (including phenoxy) is 1. The zero-order valence-corrected chi connectivity index (χ0v) is 16.3. The summed E-state index contributed by atoms with van der Waals surface area (Å²) in [4.78, 5) is 16.6. The molecule has 0 saturated carbocycles. The summed E-state index contributed by atoms with van der Waals surface area (Å²) in [5.41, 5.74) is 2.51. The van der Waals surface area contributed by atoms with Gasteiger partial charge in [-0.2, -0.15) is 0 Å². The zero-order chi connectivity index (χ0) is 18.3. The molecule has 1 amide bonds.